The van der Waals surface area contributed by atoms with E-state index in [1.165, 1.54) is 0 Å². The van der Waals surface area contributed by atoms with Gasteiger partial charge in [-0.3, -0.25) is 9.69 Å². The number of hydrogen-bond acceptors (Lipinski definition) is 3. The Balaban J connectivity index is 2.64. The van der Waals surface area contributed by atoms with Crippen molar-refractivity contribution in [3.8, 4) is 6.07 Å². The number of nitrogens with zero attached hydrogens (tertiary/aromatic N) is 2. The monoisotopic (exact) mass is 223 g/mol. The summed E-state index contributed by atoms with van der Waals surface area (Å²) in [5, 5.41) is 9.11. The molecule has 0 bridgehead atoms. The van der Waals surface area contributed by atoms with Crippen molar-refractivity contribution in [3.05, 3.63) is 0 Å². The van der Waals surface area contributed by atoms with Gasteiger partial charge in [0.2, 0.25) is 5.91 Å². The summed E-state index contributed by atoms with van der Waals surface area (Å²) >= 11 is 0. The molecule has 4 nitrogen and oxygen atoms in total. The lowest BCUT2D eigenvalue weighted by Gasteiger charge is -2.37. The van der Waals surface area contributed by atoms with Crippen molar-refractivity contribution >= 4 is 5.91 Å². The maximum Gasteiger partial charge on any atom is 0.231 e. The number of carbonyl (C=O) groups is 1. The zero-order valence-corrected chi connectivity index (χ0v) is 10.1. The molecule has 0 heterocycles. The molecule has 1 aliphatic rings. The van der Waals surface area contributed by atoms with Gasteiger partial charge in [0.15, 0.2) is 0 Å². The van der Waals surface area contributed by atoms with Crippen molar-refractivity contribution in [2.75, 3.05) is 13.6 Å². The summed E-state index contributed by atoms with van der Waals surface area (Å²) in [5.41, 5.74) is 5.19. The van der Waals surface area contributed by atoms with E-state index in [2.05, 4.69) is 13.0 Å². The fraction of sp³-hybridized carbons (Fsp3) is 0.833. The van der Waals surface area contributed by atoms with Crippen molar-refractivity contribution in [1.82, 2.24) is 4.90 Å². The van der Waals surface area contributed by atoms with Crippen LogP contribution in [0.1, 0.15) is 32.6 Å². The van der Waals surface area contributed by atoms with E-state index in [-0.39, 0.29) is 24.4 Å². The summed E-state index contributed by atoms with van der Waals surface area (Å²) in [7, 11) is 1.89. The number of amides is 1. The number of rotatable bonds is 4. The number of primary amides is 1. The van der Waals surface area contributed by atoms with Crippen LogP contribution in [0.25, 0.3) is 0 Å². The molecule has 1 amide bonds. The van der Waals surface area contributed by atoms with Crippen LogP contribution in [-0.2, 0) is 4.79 Å². The van der Waals surface area contributed by atoms with E-state index in [0.29, 0.717) is 5.92 Å². The van der Waals surface area contributed by atoms with Crippen LogP contribution in [0.3, 0.4) is 0 Å². The van der Waals surface area contributed by atoms with Crippen LogP contribution in [0, 0.1) is 23.2 Å². The van der Waals surface area contributed by atoms with Gasteiger partial charge in [-0.15, -0.1) is 0 Å². The fourth-order valence-electron chi connectivity index (χ4n) is 2.60. The third-order valence-corrected chi connectivity index (χ3v) is 3.64. The third kappa shape index (κ3) is 3.21. The van der Waals surface area contributed by atoms with Gasteiger partial charge in [-0.2, -0.15) is 5.26 Å². The van der Waals surface area contributed by atoms with Gasteiger partial charge in [0.05, 0.1) is 18.5 Å². The van der Waals surface area contributed by atoms with Crippen molar-refractivity contribution in [3.63, 3.8) is 0 Å². The molecule has 0 aromatic heterocycles. The van der Waals surface area contributed by atoms with Gasteiger partial charge in [0, 0.05) is 6.04 Å². The summed E-state index contributed by atoms with van der Waals surface area (Å²) in [6.07, 6.45) is 4.25. The quantitative estimate of drug-likeness (QED) is 0.776. The van der Waals surface area contributed by atoms with E-state index in [1.807, 2.05) is 11.9 Å². The number of hydrogen-bond donors (Lipinski definition) is 1. The lowest BCUT2D eigenvalue weighted by Crippen LogP contribution is -2.45. The minimum absolute atomic E-state index is 0.0483. The summed E-state index contributed by atoms with van der Waals surface area (Å²) in [4.78, 5) is 12.8. The molecule has 0 radical (unpaired) electrons. The van der Waals surface area contributed by atoms with Crippen LogP contribution < -0.4 is 5.73 Å². The summed E-state index contributed by atoms with van der Waals surface area (Å²) in [6, 6.07) is 2.55. The molecular formula is C12H21N3O. The van der Waals surface area contributed by atoms with Crippen LogP contribution in [0.5, 0.6) is 0 Å². The van der Waals surface area contributed by atoms with Crippen molar-refractivity contribution < 1.29 is 4.79 Å². The zero-order chi connectivity index (χ0) is 12.1. The number of nitriles is 1. The average Bonchev–Trinajstić information content (AvgIpc) is 2.27. The van der Waals surface area contributed by atoms with Gasteiger partial charge in [0.25, 0.3) is 0 Å². The molecule has 1 rings (SSSR count). The molecule has 0 saturated heterocycles. The molecule has 1 saturated carbocycles. The molecule has 1 aliphatic carbocycles. The Morgan fingerprint density at radius 2 is 2.25 bits per heavy atom. The Morgan fingerprint density at radius 1 is 1.56 bits per heavy atom. The molecule has 90 valence electrons. The first-order valence-electron chi connectivity index (χ1n) is 5.96. The second-order valence-electron chi connectivity index (χ2n) is 4.77. The zero-order valence-electron chi connectivity index (χ0n) is 10.1. The van der Waals surface area contributed by atoms with Gasteiger partial charge < -0.3 is 5.73 Å². The van der Waals surface area contributed by atoms with E-state index >= 15 is 0 Å². The normalized spacial score (nSPS) is 30.0. The molecule has 0 spiro atoms. The van der Waals surface area contributed by atoms with E-state index in [1.54, 1.807) is 0 Å². The highest BCUT2D eigenvalue weighted by Crippen LogP contribution is 2.33. The van der Waals surface area contributed by atoms with Gasteiger partial charge in [-0.25, -0.2) is 0 Å². The first-order valence-corrected chi connectivity index (χ1v) is 5.96. The topological polar surface area (TPSA) is 70.1 Å². The number of carbonyl (C=O) groups excluding carboxylic acids is 1. The molecule has 2 N–H and O–H groups in total. The molecule has 0 aromatic carbocycles. The van der Waals surface area contributed by atoms with Crippen molar-refractivity contribution in [2.45, 2.75) is 38.6 Å². The van der Waals surface area contributed by atoms with Gasteiger partial charge >= 0.3 is 0 Å². The van der Waals surface area contributed by atoms with Crippen LogP contribution >= 0.6 is 0 Å². The molecule has 3 atom stereocenters. The Morgan fingerprint density at radius 3 is 2.75 bits per heavy atom. The van der Waals surface area contributed by atoms with Crippen LogP contribution in [-0.4, -0.2) is 30.4 Å². The van der Waals surface area contributed by atoms with Gasteiger partial charge in [-0.1, -0.05) is 13.3 Å². The number of likely N-dealkylation sites (N-methyl/N-ethyl adjacent to an activating group) is 1. The predicted octanol–water partition coefficient (Wildman–Crippen LogP) is 1.12. The highest BCUT2D eigenvalue weighted by atomic mass is 16.1. The molecule has 0 aliphatic heterocycles. The highest BCUT2D eigenvalue weighted by molar-refractivity contribution is 5.75. The van der Waals surface area contributed by atoms with Gasteiger partial charge in [-0.05, 0) is 32.2 Å². The second kappa shape index (κ2) is 5.86. The smallest absolute Gasteiger partial charge is 0.231 e. The third-order valence-electron chi connectivity index (χ3n) is 3.64. The Bertz CT molecular complexity index is 284. The van der Waals surface area contributed by atoms with Crippen molar-refractivity contribution in [1.29, 1.82) is 5.26 Å². The van der Waals surface area contributed by atoms with Crippen LogP contribution in [0.2, 0.25) is 0 Å². The Hall–Kier alpha value is -1.08. The minimum Gasteiger partial charge on any atom is -0.369 e. The lowest BCUT2D eigenvalue weighted by molar-refractivity contribution is -0.119. The maximum absolute atomic E-state index is 10.9. The molecule has 0 aromatic rings. The Labute approximate surface area is 97.4 Å². The fourth-order valence-corrected chi connectivity index (χ4v) is 2.60. The lowest BCUT2D eigenvalue weighted by atomic mass is 9.77. The first-order chi connectivity index (χ1) is 7.58. The molecule has 4 heteroatoms. The minimum atomic E-state index is -0.321. The summed E-state index contributed by atoms with van der Waals surface area (Å²) < 4.78 is 0. The van der Waals surface area contributed by atoms with E-state index < -0.39 is 0 Å². The largest absolute Gasteiger partial charge is 0.369 e. The average molecular weight is 223 g/mol. The molecule has 1 fully saturated rings. The Kier molecular flexibility index (Phi) is 4.75. The second-order valence-corrected chi connectivity index (χ2v) is 4.77. The molecular weight excluding hydrogens is 202 g/mol. The number of nitrogens with two attached hydrogens (primary N) is 1. The molecule has 16 heavy (non-hydrogen) atoms. The van der Waals surface area contributed by atoms with Crippen molar-refractivity contribution in [2.24, 2.45) is 17.6 Å². The maximum atomic E-state index is 10.9. The molecule has 3 unspecified atom stereocenters. The predicted molar refractivity (Wildman–Crippen MR) is 62.3 cm³/mol. The first kappa shape index (κ1) is 13.0. The van der Waals surface area contributed by atoms with Crippen LogP contribution in [0.15, 0.2) is 0 Å². The van der Waals surface area contributed by atoms with E-state index in [0.717, 1.165) is 25.7 Å². The SMILES string of the molecule is CCC1CCC(C#N)C(N(C)CC(N)=O)C1. The van der Waals surface area contributed by atoms with E-state index in [4.69, 9.17) is 11.0 Å². The van der Waals surface area contributed by atoms with E-state index in [9.17, 15) is 4.79 Å². The van der Waals surface area contributed by atoms with Gasteiger partial charge in [0.1, 0.15) is 0 Å². The highest BCUT2D eigenvalue weighted by Gasteiger charge is 2.32. The van der Waals surface area contributed by atoms with Crippen LogP contribution in [0.4, 0.5) is 0 Å². The standard InChI is InChI=1S/C12H21N3O/c1-3-9-4-5-10(7-13)11(6-9)15(2)8-12(14)16/h9-11H,3-6,8H2,1-2H3,(H2,14,16). The summed E-state index contributed by atoms with van der Waals surface area (Å²) in [5.74, 6) is 0.412. The summed E-state index contributed by atoms with van der Waals surface area (Å²) in [6.45, 7) is 2.43.